The molecule has 2 aromatic rings. The van der Waals surface area contributed by atoms with Crippen LogP contribution in [0.25, 0.3) is 0 Å². The van der Waals surface area contributed by atoms with Gasteiger partial charge in [0.1, 0.15) is 18.5 Å². The second-order valence-electron chi connectivity index (χ2n) is 5.33. The number of halogens is 3. The van der Waals surface area contributed by atoms with Gasteiger partial charge in [-0.25, -0.2) is 18.7 Å². The van der Waals surface area contributed by atoms with Gasteiger partial charge in [0.2, 0.25) is 0 Å². The molecule has 0 aliphatic heterocycles. The number of carbonyl (C=O) groups excluding carboxylic acids is 1. The Hall–Kier alpha value is -3.06. The number of nitrogens with one attached hydrogen (secondary N) is 2. The fourth-order valence-electron chi connectivity index (χ4n) is 2.01. The average Bonchev–Trinajstić information content (AvgIpc) is 2.66. The third-order valence-corrected chi connectivity index (χ3v) is 3.39. The first-order chi connectivity index (χ1) is 12.9. The quantitative estimate of drug-likeness (QED) is 0.435. The second-order valence-corrected chi connectivity index (χ2v) is 5.33. The van der Waals surface area contributed by atoms with Gasteiger partial charge < -0.3 is 15.5 Å². The highest BCUT2D eigenvalue weighted by atomic mass is 19.2. The van der Waals surface area contributed by atoms with Gasteiger partial charge in [-0.05, 0) is 30.3 Å². The maximum atomic E-state index is 14.2. The summed E-state index contributed by atoms with van der Waals surface area (Å²) in [4.78, 5) is 16.8. The molecular weight excluding hydrogens is 365 g/mol. The van der Waals surface area contributed by atoms with Gasteiger partial charge in [-0.1, -0.05) is 5.92 Å². The summed E-state index contributed by atoms with van der Waals surface area (Å²) in [6, 6.07) is 5.29. The molecule has 0 aliphatic carbocycles. The van der Waals surface area contributed by atoms with E-state index in [-0.39, 0.29) is 16.8 Å². The summed E-state index contributed by atoms with van der Waals surface area (Å²) >= 11 is 0. The van der Waals surface area contributed by atoms with Gasteiger partial charge in [0, 0.05) is 5.56 Å². The van der Waals surface area contributed by atoms with Crippen LogP contribution in [0.2, 0.25) is 0 Å². The standard InChI is InChI=1S/C18H15F3N2O4/c1-2-10-3-6-15(14(20)7-10)22-17-12(4-5-13(19)16(17)21)18(26)23-27-9-11(25)8-24/h1,3-7,11,22,24-25H,8-9H2,(H,23,26)/t11-/m0/s1. The van der Waals surface area contributed by atoms with Crippen LogP contribution in [-0.4, -0.2) is 35.4 Å². The smallest absolute Gasteiger partial charge is 0.277 e. The molecule has 9 heteroatoms. The van der Waals surface area contributed by atoms with Crippen molar-refractivity contribution in [1.29, 1.82) is 0 Å². The van der Waals surface area contributed by atoms with Crippen molar-refractivity contribution in [2.75, 3.05) is 18.5 Å². The van der Waals surface area contributed by atoms with E-state index in [9.17, 15) is 18.0 Å². The maximum absolute atomic E-state index is 14.2. The van der Waals surface area contributed by atoms with Crippen LogP contribution in [0, 0.1) is 29.8 Å². The minimum Gasteiger partial charge on any atom is -0.394 e. The molecule has 0 fully saturated rings. The molecule has 2 aromatic carbocycles. The Morgan fingerprint density at radius 1 is 1.22 bits per heavy atom. The molecule has 142 valence electrons. The van der Waals surface area contributed by atoms with E-state index >= 15 is 0 Å². The van der Waals surface area contributed by atoms with E-state index in [1.807, 2.05) is 5.48 Å². The van der Waals surface area contributed by atoms with Crippen molar-refractivity contribution in [1.82, 2.24) is 5.48 Å². The minimum atomic E-state index is -1.40. The van der Waals surface area contributed by atoms with Crippen LogP contribution in [0.15, 0.2) is 30.3 Å². The molecule has 2 rings (SSSR count). The van der Waals surface area contributed by atoms with Crippen molar-refractivity contribution >= 4 is 17.3 Å². The lowest BCUT2D eigenvalue weighted by molar-refractivity contribution is -0.0295. The minimum absolute atomic E-state index is 0.232. The Kier molecular flexibility index (Phi) is 6.79. The number of hydroxylamine groups is 1. The largest absolute Gasteiger partial charge is 0.394 e. The molecule has 1 amide bonds. The van der Waals surface area contributed by atoms with Crippen LogP contribution < -0.4 is 10.8 Å². The van der Waals surface area contributed by atoms with Gasteiger partial charge in [-0.2, -0.15) is 0 Å². The first-order valence-corrected chi connectivity index (χ1v) is 7.59. The number of hydrogen-bond donors (Lipinski definition) is 4. The summed E-state index contributed by atoms with van der Waals surface area (Å²) in [7, 11) is 0. The van der Waals surface area contributed by atoms with Gasteiger partial charge in [-0.15, -0.1) is 6.42 Å². The lowest BCUT2D eigenvalue weighted by atomic mass is 10.1. The van der Waals surface area contributed by atoms with E-state index in [4.69, 9.17) is 16.6 Å². The molecule has 0 aliphatic rings. The molecule has 0 bridgehead atoms. The van der Waals surface area contributed by atoms with Crippen LogP contribution in [0.3, 0.4) is 0 Å². The number of hydrogen-bond acceptors (Lipinski definition) is 5. The molecule has 6 nitrogen and oxygen atoms in total. The molecule has 0 aromatic heterocycles. The molecule has 0 heterocycles. The third-order valence-electron chi connectivity index (χ3n) is 3.39. The summed E-state index contributed by atoms with van der Waals surface area (Å²) in [5.41, 5.74) is 0.919. The molecule has 27 heavy (non-hydrogen) atoms. The van der Waals surface area contributed by atoms with E-state index in [0.717, 1.165) is 18.2 Å². The monoisotopic (exact) mass is 380 g/mol. The van der Waals surface area contributed by atoms with Crippen LogP contribution >= 0.6 is 0 Å². The zero-order chi connectivity index (χ0) is 20.0. The Balaban J connectivity index is 2.29. The first kappa shape index (κ1) is 20.3. The van der Waals surface area contributed by atoms with Crippen molar-refractivity contribution < 1.29 is 33.0 Å². The predicted octanol–water partition coefficient (Wildman–Crippen LogP) is 1.84. The Bertz CT molecular complexity index is 884. The van der Waals surface area contributed by atoms with Crippen LogP contribution in [0.5, 0.6) is 0 Å². The topological polar surface area (TPSA) is 90.8 Å². The maximum Gasteiger partial charge on any atom is 0.277 e. The second kappa shape index (κ2) is 9.05. The van der Waals surface area contributed by atoms with E-state index in [1.54, 1.807) is 0 Å². The summed E-state index contributed by atoms with van der Waals surface area (Å²) in [5, 5.41) is 20.1. The molecule has 0 unspecified atom stereocenters. The molecule has 4 N–H and O–H groups in total. The van der Waals surface area contributed by atoms with Crippen LogP contribution in [0.1, 0.15) is 15.9 Å². The Morgan fingerprint density at radius 3 is 2.59 bits per heavy atom. The van der Waals surface area contributed by atoms with Gasteiger partial charge in [0.25, 0.3) is 5.91 Å². The molecule has 0 saturated carbocycles. The molecule has 0 spiro atoms. The van der Waals surface area contributed by atoms with E-state index in [1.165, 1.54) is 12.1 Å². The zero-order valence-electron chi connectivity index (χ0n) is 13.8. The van der Waals surface area contributed by atoms with Crippen molar-refractivity contribution in [2.24, 2.45) is 0 Å². The number of aliphatic hydroxyl groups is 2. The summed E-state index contributed by atoms with van der Waals surface area (Å²) in [5.74, 6) is -2.25. The summed E-state index contributed by atoms with van der Waals surface area (Å²) < 4.78 is 41.9. The lowest BCUT2D eigenvalue weighted by Crippen LogP contribution is -2.30. The number of benzene rings is 2. The van der Waals surface area contributed by atoms with Gasteiger partial charge in [0.15, 0.2) is 11.6 Å². The molecule has 0 radical (unpaired) electrons. The molecule has 0 saturated heterocycles. The highest BCUT2D eigenvalue weighted by Crippen LogP contribution is 2.28. The first-order valence-electron chi connectivity index (χ1n) is 7.59. The highest BCUT2D eigenvalue weighted by molar-refractivity contribution is 6.00. The fraction of sp³-hybridized carbons (Fsp3) is 0.167. The van der Waals surface area contributed by atoms with Crippen LogP contribution in [0.4, 0.5) is 24.5 Å². The van der Waals surface area contributed by atoms with Crippen molar-refractivity contribution in [3.05, 3.63) is 58.9 Å². The Morgan fingerprint density at radius 2 is 1.96 bits per heavy atom. The van der Waals surface area contributed by atoms with Crippen LogP contribution in [-0.2, 0) is 4.84 Å². The zero-order valence-corrected chi connectivity index (χ0v) is 13.8. The fourth-order valence-corrected chi connectivity index (χ4v) is 2.01. The van der Waals surface area contributed by atoms with E-state index in [2.05, 4.69) is 16.1 Å². The van der Waals surface area contributed by atoms with Crippen molar-refractivity contribution in [3.63, 3.8) is 0 Å². The number of anilines is 2. The normalized spacial score (nSPS) is 11.6. The third kappa shape index (κ3) is 4.98. The van der Waals surface area contributed by atoms with E-state index in [0.29, 0.717) is 0 Å². The number of carbonyl (C=O) groups is 1. The number of aliphatic hydroxyl groups excluding tert-OH is 2. The molecule has 1 atom stereocenters. The number of amides is 1. The summed E-state index contributed by atoms with van der Waals surface area (Å²) in [6.07, 6.45) is 3.92. The lowest BCUT2D eigenvalue weighted by Gasteiger charge is -2.15. The van der Waals surface area contributed by atoms with Gasteiger partial charge >= 0.3 is 0 Å². The van der Waals surface area contributed by atoms with Crippen molar-refractivity contribution in [2.45, 2.75) is 6.10 Å². The Labute approximate surface area is 152 Å². The summed E-state index contributed by atoms with van der Waals surface area (Å²) in [6.45, 7) is -1.03. The number of rotatable bonds is 7. The SMILES string of the molecule is C#Cc1ccc(Nc2c(C(=O)NOC[C@@H](O)CO)ccc(F)c2F)c(F)c1. The van der Waals surface area contributed by atoms with Crippen molar-refractivity contribution in [3.8, 4) is 12.3 Å². The van der Waals surface area contributed by atoms with E-state index < -0.39 is 48.4 Å². The molecular formula is C18H15F3N2O4. The van der Waals surface area contributed by atoms with Gasteiger partial charge in [-0.3, -0.25) is 9.63 Å². The predicted molar refractivity (Wildman–Crippen MR) is 90.5 cm³/mol. The highest BCUT2D eigenvalue weighted by Gasteiger charge is 2.20. The number of terminal acetylenes is 1. The average molecular weight is 380 g/mol. The van der Waals surface area contributed by atoms with Gasteiger partial charge in [0.05, 0.1) is 23.5 Å².